The van der Waals surface area contributed by atoms with Gasteiger partial charge in [-0.1, -0.05) is 30.3 Å². The number of rotatable bonds is 5. The molecular formula is C18H18N4O3S. The summed E-state index contributed by atoms with van der Waals surface area (Å²) in [5, 5.41) is 4.20. The highest BCUT2D eigenvalue weighted by molar-refractivity contribution is 7.89. The first-order valence-electron chi connectivity index (χ1n) is 7.87. The third kappa shape index (κ3) is 3.66. The minimum atomic E-state index is -3.85. The Balaban J connectivity index is 1.76. The molecule has 0 aliphatic rings. The number of para-hydroxylation sites is 1. The fourth-order valence-electron chi connectivity index (χ4n) is 2.48. The number of hydrazine groups is 1. The molecule has 0 radical (unpaired) electrons. The number of carbonyl (C=O) groups is 1. The fourth-order valence-corrected chi connectivity index (χ4v) is 3.43. The van der Waals surface area contributed by atoms with E-state index in [1.54, 1.807) is 30.7 Å². The molecule has 3 rings (SSSR count). The molecule has 0 atom stereocenters. The van der Waals surface area contributed by atoms with Gasteiger partial charge in [-0.25, -0.2) is 13.1 Å². The second kappa shape index (κ2) is 7.11. The molecule has 1 amide bonds. The number of aromatic nitrogens is 2. The Morgan fingerprint density at radius 3 is 2.46 bits per heavy atom. The number of benzene rings is 2. The third-order valence-corrected chi connectivity index (χ3v) is 5.10. The quantitative estimate of drug-likeness (QED) is 0.673. The standard InChI is InChI=1S/C18H18N4O3S/c1-13-7-6-10-16(11-13)26(24,25)21-20-18(23)17-12-19-22(14(17)2)15-8-4-3-5-9-15/h3-12,21H,1-2H3,(H,20,23). The van der Waals surface area contributed by atoms with Crippen molar-refractivity contribution in [1.29, 1.82) is 0 Å². The van der Waals surface area contributed by atoms with Gasteiger partial charge >= 0.3 is 0 Å². The van der Waals surface area contributed by atoms with Crippen LogP contribution in [0.1, 0.15) is 21.6 Å². The predicted molar refractivity (Wildman–Crippen MR) is 97.3 cm³/mol. The third-order valence-electron chi connectivity index (χ3n) is 3.85. The Hall–Kier alpha value is -2.97. The molecule has 0 saturated carbocycles. The Kier molecular flexibility index (Phi) is 4.88. The summed E-state index contributed by atoms with van der Waals surface area (Å²) in [6.45, 7) is 3.53. The van der Waals surface area contributed by atoms with Gasteiger partial charge < -0.3 is 0 Å². The number of hydrogen-bond donors (Lipinski definition) is 2. The second-order valence-corrected chi connectivity index (χ2v) is 7.45. The summed E-state index contributed by atoms with van der Waals surface area (Å²) in [7, 11) is -3.85. The van der Waals surface area contributed by atoms with Gasteiger partial charge in [-0.05, 0) is 43.7 Å². The molecule has 3 aromatic rings. The van der Waals surface area contributed by atoms with Crippen LogP contribution in [0.3, 0.4) is 0 Å². The van der Waals surface area contributed by atoms with Crippen LogP contribution in [0.15, 0.2) is 65.7 Å². The van der Waals surface area contributed by atoms with Crippen LogP contribution in [0, 0.1) is 13.8 Å². The molecule has 0 aliphatic heterocycles. The van der Waals surface area contributed by atoms with Crippen LogP contribution >= 0.6 is 0 Å². The maximum absolute atomic E-state index is 12.4. The van der Waals surface area contributed by atoms with Gasteiger partial charge in [0.1, 0.15) is 0 Å². The van der Waals surface area contributed by atoms with Crippen molar-refractivity contribution in [1.82, 2.24) is 20.0 Å². The van der Waals surface area contributed by atoms with Crippen LogP contribution in [0.4, 0.5) is 0 Å². The van der Waals surface area contributed by atoms with E-state index in [9.17, 15) is 13.2 Å². The lowest BCUT2D eigenvalue weighted by Gasteiger charge is -2.09. The zero-order valence-electron chi connectivity index (χ0n) is 14.3. The summed E-state index contributed by atoms with van der Waals surface area (Å²) < 4.78 is 26.2. The van der Waals surface area contributed by atoms with E-state index in [1.807, 2.05) is 30.3 Å². The van der Waals surface area contributed by atoms with Crippen LogP contribution in [0.25, 0.3) is 5.69 Å². The number of aryl methyl sites for hydroxylation is 1. The molecule has 7 nitrogen and oxygen atoms in total. The fraction of sp³-hybridized carbons (Fsp3) is 0.111. The summed E-state index contributed by atoms with van der Waals surface area (Å²) in [6, 6.07) is 15.8. The number of nitrogens with one attached hydrogen (secondary N) is 2. The van der Waals surface area contributed by atoms with Crippen molar-refractivity contribution < 1.29 is 13.2 Å². The Morgan fingerprint density at radius 2 is 1.77 bits per heavy atom. The van der Waals surface area contributed by atoms with Gasteiger partial charge in [0.2, 0.25) is 0 Å². The normalized spacial score (nSPS) is 11.3. The maximum atomic E-state index is 12.4. The Bertz CT molecular complexity index is 1040. The average Bonchev–Trinajstić information content (AvgIpc) is 3.02. The summed E-state index contributed by atoms with van der Waals surface area (Å²) in [6.07, 6.45) is 1.40. The molecule has 134 valence electrons. The monoisotopic (exact) mass is 370 g/mol. The van der Waals surface area contributed by atoms with Crippen LogP contribution < -0.4 is 10.3 Å². The highest BCUT2D eigenvalue weighted by atomic mass is 32.2. The largest absolute Gasteiger partial charge is 0.273 e. The van der Waals surface area contributed by atoms with Crippen molar-refractivity contribution in [2.45, 2.75) is 18.7 Å². The Labute approximate surface area is 151 Å². The number of sulfonamides is 1. The van der Waals surface area contributed by atoms with E-state index < -0.39 is 15.9 Å². The van der Waals surface area contributed by atoms with Crippen molar-refractivity contribution in [3.63, 3.8) is 0 Å². The highest BCUT2D eigenvalue weighted by Gasteiger charge is 2.19. The van der Waals surface area contributed by atoms with Crippen LogP contribution in [-0.4, -0.2) is 24.1 Å². The van der Waals surface area contributed by atoms with E-state index in [0.29, 0.717) is 5.69 Å². The topological polar surface area (TPSA) is 93.1 Å². The predicted octanol–water partition coefficient (Wildman–Crippen LogP) is 2.11. The molecule has 0 spiro atoms. The minimum absolute atomic E-state index is 0.0782. The van der Waals surface area contributed by atoms with E-state index in [4.69, 9.17) is 0 Å². The summed E-state index contributed by atoms with van der Waals surface area (Å²) in [4.78, 5) is 14.6. The molecule has 1 aromatic heterocycles. The first-order chi connectivity index (χ1) is 12.4. The first-order valence-corrected chi connectivity index (χ1v) is 9.36. The first kappa shape index (κ1) is 17.8. The molecule has 2 N–H and O–H groups in total. The second-order valence-electron chi connectivity index (χ2n) is 5.77. The molecule has 0 aliphatic carbocycles. The van der Waals surface area contributed by atoms with Crippen molar-refractivity contribution in [3.05, 3.63) is 77.6 Å². The van der Waals surface area contributed by atoms with E-state index in [2.05, 4.69) is 15.4 Å². The maximum Gasteiger partial charge on any atom is 0.269 e. The zero-order valence-corrected chi connectivity index (χ0v) is 15.1. The molecule has 8 heteroatoms. The number of carbonyl (C=O) groups excluding carboxylic acids is 1. The van der Waals surface area contributed by atoms with E-state index in [-0.39, 0.29) is 10.5 Å². The number of nitrogens with zero attached hydrogens (tertiary/aromatic N) is 2. The van der Waals surface area contributed by atoms with Gasteiger partial charge in [0.05, 0.1) is 28.0 Å². The van der Waals surface area contributed by atoms with Gasteiger partial charge in [-0.15, -0.1) is 4.83 Å². The smallest absolute Gasteiger partial charge is 0.269 e. The van der Waals surface area contributed by atoms with E-state index in [0.717, 1.165) is 11.3 Å². The minimum Gasteiger partial charge on any atom is -0.273 e. The number of amides is 1. The van der Waals surface area contributed by atoms with Crippen molar-refractivity contribution in [2.75, 3.05) is 0 Å². The average molecular weight is 370 g/mol. The van der Waals surface area contributed by atoms with Crippen molar-refractivity contribution in [2.24, 2.45) is 0 Å². The van der Waals surface area contributed by atoms with Gasteiger partial charge in [0, 0.05) is 0 Å². The van der Waals surface area contributed by atoms with E-state index >= 15 is 0 Å². The highest BCUT2D eigenvalue weighted by Crippen LogP contribution is 2.14. The molecule has 1 heterocycles. The van der Waals surface area contributed by atoms with Crippen molar-refractivity contribution >= 4 is 15.9 Å². The summed E-state index contributed by atoms with van der Waals surface area (Å²) in [5.41, 5.74) is 4.73. The summed E-state index contributed by atoms with van der Waals surface area (Å²) in [5.74, 6) is -0.582. The lowest BCUT2D eigenvalue weighted by atomic mass is 10.2. The molecule has 2 aromatic carbocycles. The van der Waals surface area contributed by atoms with Crippen LogP contribution in [0.2, 0.25) is 0 Å². The van der Waals surface area contributed by atoms with E-state index in [1.165, 1.54) is 18.3 Å². The zero-order chi connectivity index (χ0) is 18.7. The van der Waals surface area contributed by atoms with Gasteiger partial charge in [-0.2, -0.15) is 5.10 Å². The molecule has 0 unspecified atom stereocenters. The lowest BCUT2D eigenvalue weighted by Crippen LogP contribution is -2.41. The molecule has 0 saturated heterocycles. The SMILES string of the molecule is Cc1cccc(S(=O)(=O)NNC(=O)c2cnn(-c3ccccc3)c2C)c1. The summed E-state index contributed by atoms with van der Waals surface area (Å²) >= 11 is 0. The van der Waals surface area contributed by atoms with Gasteiger partial charge in [-0.3, -0.25) is 10.2 Å². The number of hydrogen-bond acceptors (Lipinski definition) is 4. The molecular weight excluding hydrogens is 352 g/mol. The van der Waals surface area contributed by atoms with Gasteiger partial charge in [0.25, 0.3) is 15.9 Å². The van der Waals surface area contributed by atoms with Crippen LogP contribution in [0.5, 0.6) is 0 Å². The molecule has 26 heavy (non-hydrogen) atoms. The Morgan fingerprint density at radius 1 is 1.04 bits per heavy atom. The van der Waals surface area contributed by atoms with Crippen LogP contribution in [-0.2, 0) is 10.0 Å². The van der Waals surface area contributed by atoms with Crippen molar-refractivity contribution in [3.8, 4) is 5.69 Å². The van der Waals surface area contributed by atoms with Gasteiger partial charge in [0.15, 0.2) is 0 Å². The lowest BCUT2D eigenvalue weighted by molar-refractivity contribution is 0.0944. The molecule has 0 fully saturated rings. The molecule has 0 bridgehead atoms.